The molecule has 1 N–H and O–H groups in total. The van der Waals surface area contributed by atoms with Crippen molar-refractivity contribution < 1.29 is 5.11 Å². The summed E-state index contributed by atoms with van der Waals surface area (Å²) in [6.07, 6.45) is 8.97. The minimum absolute atomic E-state index is 0.300. The monoisotopic (exact) mass is 252 g/mol. The van der Waals surface area contributed by atoms with E-state index in [0.717, 1.165) is 22.3 Å². The molecule has 19 heavy (non-hydrogen) atoms. The maximum Gasteiger partial charge on any atom is 0.0972 e. The van der Waals surface area contributed by atoms with Gasteiger partial charge in [-0.2, -0.15) is 0 Å². The Kier molecular flexibility index (Phi) is 4.08. The smallest absolute Gasteiger partial charge is 0.0972 e. The van der Waals surface area contributed by atoms with E-state index in [4.69, 9.17) is 0 Å². The first kappa shape index (κ1) is 13.0. The Morgan fingerprint density at radius 2 is 1.47 bits per heavy atom. The van der Waals surface area contributed by atoms with Crippen molar-refractivity contribution in [2.75, 3.05) is 0 Å². The van der Waals surface area contributed by atoms with Crippen molar-refractivity contribution in [1.82, 2.24) is 9.97 Å². The molecule has 0 aliphatic heterocycles. The second-order valence-electron chi connectivity index (χ2n) is 4.30. The van der Waals surface area contributed by atoms with Crippen molar-refractivity contribution >= 4 is 11.6 Å². The van der Waals surface area contributed by atoms with Gasteiger partial charge >= 0.3 is 0 Å². The first-order chi connectivity index (χ1) is 9.18. The van der Waals surface area contributed by atoms with Gasteiger partial charge in [0.05, 0.1) is 5.76 Å². The van der Waals surface area contributed by atoms with Gasteiger partial charge in [-0.25, -0.2) is 0 Å². The molecule has 0 spiro atoms. The van der Waals surface area contributed by atoms with Gasteiger partial charge in [0.2, 0.25) is 0 Å². The van der Waals surface area contributed by atoms with Crippen molar-refractivity contribution in [2.45, 2.75) is 13.8 Å². The van der Waals surface area contributed by atoms with Crippen LogP contribution in [0, 0.1) is 0 Å². The van der Waals surface area contributed by atoms with Gasteiger partial charge in [-0.05, 0) is 54.8 Å². The molecule has 3 nitrogen and oxygen atoms in total. The third-order valence-corrected chi connectivity index (χ3v) is 2.81. The molecule has 2 heterocycles. The summed E-state index contributed by atoms with van der Waals surface area (Å²) in [5, 5.41) is 9.92. The number of allylic oxidation sites excluding steroid dienone is 3. The van der Waals surface area contributed by atoms with E-state index in [1.165, 1.54) is 0 Å². The summed E-state index contributed by atoms with van der Waals surface area (Å²) in [5.74, 6) is 0.300. The molecule has 0 bridgehead atoms. The maximum absolute atomic E-state index is 9.92. The number of nitrogens with zero attached hydrogens (tertiary/aromatic N) is 2. The number of pyridine rings is 2. The lowest BCUT2D eigenvalue weighted by atomic mass is 9.97. The van der Waals surface area contributed by atoms with Crippen molar-refractivity contribution in [3.05, 3.63) is 71.5 Å². The lowest BCUT2D eigenvalue weighted by molar-refractivity contribution is 0.417. The quantitative estimate of drug-likeness (QED) is 0.666. The average Bonchev–Trinajstić information content (AvgIpc) is 2.40. The second kappa shape index (κ2) is 5.96. The Morgan fingerprint density at radius 1 is 0.947 bits per heavy atom. The summed E-state index contributed by atoms with van der Waals surface area (Å²) in [5.41, 5.74) is 3.84. The number of aromatic nitrogens is 2. The van der Waals surface area contributed by atoms with E-state index >= 15 is 0 Å². The molecule has 0 unspecified atom stereocenters. The lowest BCUT2D eigenvalue weighted by Crippen LogP contribution is -1.92. The predicted molar refractivity (Wildman–Crippen MR) is 77.3 cm³/mol. The van der Waals surface area contributed by atoms with E-state index in [-0.39, 0.29) is 0 Å². The van der Waals surface area contributed by atoms with E-state index in [2.05, 4.69) is 9.97 Å². The number of aliphatic hydroxyl groups is 1. The molecule has 0 atom stereocenters. The van der Waals surface area contributed by atoms with Gasteiger partial charge in [-0.3, -0.25) is 9.97 Å². The molecule has 0 radical (unpaired) electrons. The van der Waals surface area contributed by atoms with Crippen LogP contribution in [0.4, 0.5) is 0 Å². The minimum Gasteiger partial charge on any atom is -0.512 e. The minimum atomic E-state index is 0.300. The Hall–Kier alpha value is -2.42. The number of hydrogen-bond donors (Lipinski definition) is 1. The van der Waals surface area contributed by atoms with Crippen LogP contribution in [0.5, 0.6) is 0 Å². The second-order valence-corrected chi connectivity index (χ2v) is 4.30. The fraction of sp³-hybridized carbons (Fsp3) is 0.125. The summed E-state index contributed by atoms with van der Waals surface area (Å²) < 4.78 is 0. The molecule has 0 saturated heterocycles. The number of aliphatic hydroxyl groups excluding tert-OH is 1. The molecule has 0 aliphatic rings. The lowest BCUT2D eigenvalue weighted by Gasteiger charge is -2.10. The van der Waals surface area contributed by atoms with Crippen molar-refractivity contribution in [3.8, 4) is 0 Å². The molecule has 2 aromatic heterocycles. The SMILES string of the molecule is CC(=Cc1ccncc1)C(=C(C)O)c1ccncc1. The van der Waals surface area contributed by atoms with Crippen LogP contribution in [-0.4, -0.2) is 15.1 Å². The average molecular weight is 252 g/mol. The predicted octanol–water partition coefficient (Wildman–Crippen LogP) is 3.87. The third-order valence-electron chi connectivity index (χ3n) is 2.81. The fourth-order valence-corrected chi connectivity index (χ4v) is 2.02. The van der Waals surface area contributed by atoms with E-state index in [0.29, 0.717) is 5.76 Å². The van der Waals surface area contributed by atoms with Crippen LogP contribution in [0.25, 0.3) is 11.6 Å². The zero-order valence-electron chi connectivity index (χ0n) is 11.0. The van der Waals surface area contributed by atoms with Gasteiger partial charge in [-0.1, -0.05) is 6.08 Å². The summed E-state index contributed by atoms with van der Waals surface area (Å²) in [6.45, 7) is 3.68. The van der Waals surface area contributed by atoms with E-state index in [1.54, 1.807) is 31.7 Å². The van der Waals surface area contributed by atoms with Crippen LogP contribution in [0.3, 0.4) is 0 Å². The van der Waals surface area contributed by atoms with Crippen LogP contribution < -0.4 is 0 Å². The molecule has 0 aliphatic carbocycles. The van der Waals surface area contributed by atoms with Gasteiger partial charge in [0.15, 0.2) is 0 Å². The van der Waals surface area contributed by atoms with E-state index in [9.17, 15) is 5.11 Å². The van der Waals surface area contributed by atoms with Gasteiger partial charge in [0.25, 0.3) is 0 Å². The Labute approximate surface area is 113 Å². The van der Waals surface area contributed by atoms with Crippen molar-refractivity contribution in [1.29, 1.82) is 0 Å². The first-order valence-electron chi connectivity index (χ1n) is 6.07. The third kappa shape index (κ3) is 3.28. The summed E-state index contributed by atoms with van der Waals surface area (Å²) in [6, 6.07) is 7.64. The zero-order chi connectivity index (χ0) is 13.7. The molecule has 2 aromatic rings. The van der Waals surface area contributed by atoms with Gasteiger partial charge in [-0.15, -0.1) is 0 Å². The molecule has 0 aromatic carbocycles. The molecule has 96 valence electrons. The standard InChI is InChI=1S/C16H16N2O/c1-12(11-14-3-7-17-8-4-14)16(13(2)19)15-5-9-18-10-6-15/h3-11,19H,1-2H3. The molecule has 0 saturated carbocycles. The Balaban J connectivity index is 2.43. The molecular formula is C16H16N2O. The molecule has 3 heteroatoms. The molecule has 0 fully saturated rings. The number of rotatable bonds is 3. The van der Waals surface area contributed by atoms with Crippen molar-refractivity contribution in [3.63, 3.8) is 0 Å². The van der Waals surface area contributed by atoms with Gasteiger partial charge < -0.3 is 5.11 Å². The fourth-order valence-electron chi connectivity index (χ4n) is 2.02. The maximum atomic E-state index is 9.92. The number of hydrogen-bond acceptors (Lipinski definition) is 3. The zero-order valence-corrected chi connectivity index (χ0v) is 11.0. The van der Waals surface area contributed by atoms with E-state index < -0.39 is 0 Å². The topological polar surface area (TPSA) is 46.0 Å². The van der Waals surface area contributed by atoms with Crippen LogP contribution >= 0.6 is 0 Å². The summed E-state index contributed by atoms with van der Waals surface area (Å²) >= 11 is 0. The highest BCUT2D eigenvalue weighted by Gasteiger charge is 2.07. The molecular weight excluding hydrogens is 236 g/mol. The molecule has 2 rings (SSSR count). The van der Waals surface area contributed by atoms with Crippen LogP contribution in [0.2, 0.25) is 0 Å². The van der Waals surface area contributed by atoms with Crippen LogP contribution in [0.15, 0.2) is 60.4 Å². The highest BCUT2D eigenvalue weighted by Crippen LogP contribution is 2.26. The van der Waals surface area contributed by atoms with E-state index in [1.807, 2.05) is 37.3 Å². The van der Waals surface area contributed by atoms with Crippen molar-refractivity contribution in [2.24, 2.45) is 0 Å². The van der Waals surface area contributed by atoms with Gasteiger partial charge in [0.1, 0.15) is 0 Å². The highest BCUT2D eigenvalue weighted by atomic mass is 16.3. The largest absolute Gasteiger partial charge is 0.512 e. The Morgan fingerprint density at radius 3 is 2.00 bits per heavy atom. The summed E-state index contributed by atoms with van der Waals surface area (Å²) in [7, 11) is 0. The Bertz CT molecular complexity index is 597. The summed E-state index contributed by atoms with van der Waals surface area (Å²) in [4.78, 5) is 7.99. The van der Waals surface area contributed by atoms with Crippen LogP contribution in [-0.2, 0) is 0 Å². The normalized spacial score (nSPS) is 13.1. The van der Waals surface area contributed by atoms with Gasteiger partial charge in [0, 0.05) is 30.4 Å². The highest BCUT2D eigenvalue weighted by molar-refractivity contribution is 5.84. The molecule has 0 amide bonds. The first-order valence-corrected chi connectivity index (χ1v) is 6.07. The van der Waals surface area contributed by atoms with Crippen LogP contribution in [0.1, 0.15) is 25.0 Å².